The van der Waals surface area contributed by atoms with E-state index in [2.05, 4.69) is 20.7 Å². The van der Waals surface area contributed by atoms with Crippen molar-refractivity contribution < 1.29 is 47.9 Å². The van der Waals surface area contributed by atoms with E-state index < -0.39 is 79.3 Å². The lowest BCUT2D eigenvalue weighted by molar-refractivity contribution is -0.268. The van der Waals surface area contributed by atoms with Gasteiger partial charge in [-0.1, -0.05) is 96.1 Å². The maximum atomic E-state index is 13.4. The monoisotopic (exact) mass is 744 g/mol. The number of rotatable bonds is 13. The molecular weight excluding hydrogens is 700 g/mol. The summed E-state index contributed by atoms with van der Waals surface area (Å²) in [6.45, 7) is 1.92. The number of nitrogens with zero attached hydrogens (tertiary/aromatic N) is 4. The molecule has 16 nitrogen and oxygen atoms in total. The van der Waals surface area contributed by atoms with E-state index in [0.29, 0.717) is 12.8 Å². The van der Waals surface area contributed by atoms with E-state index in [-0.39, 0.29) is 19.8 Å². The Kier molecular flexibility index (Phi) is 12.9. The van der Waals surface area contributed by atoms with E-state index in [0.717, 1.165) is 16.7 Å². The summed E-state index contributed by atoms with van der Waals surface area (Å²) in [5.74, 6) is 0. The number of carbonyl (C=O) groups excluding carboxylic acids is 3. The van der Waals surface area contributed by atoms with Crippen LogP contribution in [-0.2, 0) is 48.2 Å². The summed E-state index contributed by atoms with van der Waals surface area (Å²) in [6.07, 6.45) is -8.29. The lowest BCUT2D eigenvalue weighted by Crippen LogP contribution is -2.71. The van der Waals surface area contributed by atoms with Crippen LogP contribution in [0, 0.1) is 0 Å². The van der Waals surface area contributed by atoms with Crippen LogP contribution in [0.3, 0.4) is 0 Å². The predicted octanol–water partition coefficient (Wildman–Crippen LogP) is 4.94. The number of alkyl carbamates (subject to hydrolysis) is 2. The molecule has 1 saturated carbocycles. The molecule has 0 aromatic heterocycles. The Labute approximate surface area is 312 Å². The third-order valence-corrected chi connectivity index (χ3v) is 9.90. The summed E-state index contributed by atoms with van der Waals surface area (Å²) in [5.41, 5.74) is 11.8. The average molecular weight is 745 g/mol. The molecule has 3 fully saturated rings. The van der Waals surface area contributed by atoms with Crippen LogP contribution in [0.4, 0.5) is 14.4 Å². The molecule has 16 heteroatoms. The molecule has 2 saturated heterocycles. The smallest absolute Gasteiger partial charge is 0.410 e. The molecule has 2 aliphatic heterocycles. The maximum absolute atomic E-state index is 13.4. The summed E-state index contributed by atoms with van der Waals surface area (Å²) in [4.78, 5) is 43.4. The van der Waals surface area contributed by atoms with Crippen LogP contribution >= 0.6 is 0 Å². The number of nitrogens with one attached hydrogen (secondary N) is 2. The zero-order valence-corrected chi connectivity index (χ0v) is 29.9. The second kappa shape index (κ2) is 18.1. The van der Waals surface area contributed by atoms with Gasteiger partial charge < -0.3 is 49.1 Å². The number of ether oxygens (including phenoxy) is 6. The Morgan fingerprint density at radius 2 is 1.54 bits per heavy atom. The van der Waals surface area contributed by atoms with Crippen LogP contribution in [0.1, 0.15) is 36.5 Å². The first-order valence-electron chi connectivity index (χ1n) is 17.8. The number of carbonyl (C=O) groups is 3. The van der Waals surface area contributed by atoms with Gasteiger partial charge >= 0.3 is 18.3 Å². The summed E-state index contributed by atoms with van der Waals surface area (Å²) < 4.78 is 35.8. The Morgan fingerprint density at radius 1 is 0.944 bits per heavy atom. The minimum atomic E-state index is -1.51. The van der Waals surface area contributed by atoms with Gasteiger partial charge in [0.25, 0.3) is 0 Å². The van der Waals surface area contributed by atoms with Crippen molar-refractivity contribution >= 4 is 18.3 Å². The molecule has 3 N–H and O–H groups in total. The molecule has 6 rings (SSSR count). The van der Waals surface area contributed by atoms with Gasteiger partial charge in [0.15, 0.2) is 12.4 Å². The highest BCUT2D eigenvalue weighted by Crippen LogP contribution is 2.35. The van der Waals surface area contributed by atoms with Crippen LogP contribution in [-0.4, -0.2) is 96.3 Å². The van der Waals surface area contributed by atoms with Gasteiger partial charge in [0.1, 0.15) is 37.6 Å². The summed E-state index contributed by atoms with van der Waals surface area (Å²) >= 11 is 0. The molecule has 286 valence electrons. The number of azide groups is 1. The number of benzene rings is 3. The van der Waals surface area contributed by atoms with E-state index in [1.54, 1.807) is 26.1 Å². The van der Waals surface area contributed by atoms with Gasteiger partial charge in [-0.25, -0.2) is 14.4 Å². The maximum Gasteiger partial charge on any atom is 0.410 e. The molecule has 1 unspecified atom stereocenters. The van der Waals surface area contributed by atoms with Crippen molar-refractivity contribution in [1.82, 2.24) is 15.5 Å². The molecule has 3 aliphatic rings. The number of hydrogen-bond acceptors (Lipinski definition) is 11. The van der Waals surface area contributed by atoms with Gasteiger partial charge in [-0.05, 0) is 42.0 Å². The molecule has 54 heavy (non-hydrogen) atoms. The zero-order chi connectivity index (χ0) is 38.0. The lowest BCUT2D eigenvalue weighted by atomic mass is 9.81. The molecule has 1 aliphatic carbocycles. The zero-order valence-electron chi connectivity index (χ0n) is 29.9. The third kappa shape index (κ3) is 9.40. The number of fused-ring (bicyclic) bond motifs is 1. The van der Waals surface area contributed by atoms with Gasteiger partial charge in [-0.15, -0.1) is 0 Å². The quantitative estimate of drug-likeness (QED) is 0.0931. The average Bonchev–Trinajstić information content (AvgIpc) is 3.60. The number of aliphatic hydroxyl groups is 1. The first kappa shape index (κ1) is 38.3. The molecule has 0 bridgehead atoms. The second-order valence-electron chi connectivity index (χ2n) is 13.4. The molecule has 3 aromatic rings. The normalized spacial score (nSPS) is 27.9. The number of amides is 3. The second-order valence-corrected chi connectivity index (χ2v) is 13.4. The summed E-state index contributed by atoms with van der Waals surface area (Å²) in [6, 6.07) is 24.3. The number of likely N-dealkylation sites (N-methyl/N-ethyl adjacent to an activating group) is 1. The first-order chi connectivity index (χ1) is 26.2. The minimum Gasteiger partial charge on any atom is -0.445 e. The van der Waals surface area contributed by atoms with Crippen molar-refractivity contribution in [3.05, 3.63) is 118 Å². The van der Waals surface area contributed by atoms with E-state index in [9.17, 15) is 25.0 Å². The standard InChI is InChI=1S/C38H44N6O10/c1-23(44(2)38(48)51-22-26-16-10-5-11-17-26)28-19-18-27(42-43-39)35(52-28)53-33-29(40-36(46)50-21-25-14-8-4-9-15-25)32(49-20-24-12-6-3-7-13-24)30-34(31(33)45)54-37(47)41-30/h3-17,23,27-35,45H,18-22H2,1-2H3,(H,40,46)(H,41,47)/t23?,27-,28+,29+,30-,31+,32+,33-,34+,35-/m1/s1. The Hall–Kier alpha value is -5.38. The van der Waals surface area contributed by atoms with Gasteiger partial charge in [0.2, 0.25) is 0 Å². The Balaban J connectivity index is 1.23. The molecule has 3 aromatic carbocycles. The van der Waals surface area contributed by atoms with Crippen molar-refractivity contribution in [3.8, 4) is 0 Å². The van der Waals surface area contributed by atoms with Gasteiger partial charge in [-0.3, -0.25) is 0 Å². The van der Waals surface area contributed by atoms with Crippen LogP contribution in [0.2, 0.25) is 0 Å². The van der Waals surface area contributed by atoms with Gasteiger partial charge in [0, 0.05) is 12.0 Å². The fourth-order valence-electron chi connectivity index (χ4n) is 6.86. The van der Waals surface area contributed by atoms with Crippen molar-refractivity contribution in [2.75, 3.05) is 7.05 Å². The van der Waals surface area contributed by atoms with Crippen molar-refractivity contribution in [1.29, 1.82) is 0 Å². The van der Waals surface area contributed by atoms with Crippen molar-refractivity contribution in [2.24, 2.45) is 5.11 Å². The highest BCUT2D eigenvalue weighted by Gasteiger charge is 2.58. The van der Waals surface area contributed by atoms with Gasteiger partial charge in [-0.2, -0.15) is 0 Å². The molecule has 2 heterocycles. The van der Waals surface area contributed by atoms with Crippen LogP contribution < -0.4 is 10.6 Å². The number of hydrogen-bond donors (Lipinski definition) is 3. The predicted molar refractivity (Wildman–Crippen MR) is 191 cm³/mol. The Bertz CT molecular complexity index is 1750. The van der Waals surface area contributed by atoms with Gasteiger partial charge in [0.05, 0.1) is 30.8 Å². The molecular formula is C38H44N6O10. The van der Waals surface area contributed by atoms with E-state index in [1.807, 2.05) is 78.9 Å². The third-order valence-electron chi connectivity index (χ3n) is 9.90. The van der Waals surface area contributed by atoms with E-state index >= 15 is 0 Å². The van der Waals surface area contributed by atoms with Crippen LogP contribution in [0.5, 0.6) is 0 Å². The fourth-order valence-corrected chi connectivity index (χ4v) is 6.86. The van der Waals surface area contributed by atoms with Crippen LogP contribution in [0.25, 0.3) is 10.4 Å². The largest absolute Gasteiger partial charge is 0.445 e. The topological polar surface area (TPSA) is 203 Å². The highest BCUT2D eigenvalue weighted by molar-refractivity contribution is 5.71. The van der Waals surface area contributed by atoms with E-state index in [4.69, 9.17) is 28.4 Å². The lowest BCUT2D eigenvalue weighted by Gasteiger charge is -2.47. The first-order valence-corrected chi connectivity index (χ1v) is 17.8. The minimum absolute atomic E-state index is 0.0412. The molecule has 10 atom stereocenters. The molecule has 0 radical (unpaired) electrons. The van der Waals surface area contributed by atoms with Crippen LogP contribution in [0.15, 0.2) is 96.1 Å². The Morgan fingerprint density at radius 3 is 2.15 bits per heavy atom. The molecule has 0 spiro atoms. The fraction of sp³-hybridized carbons (Fsp3) is 0.447. The van der Waals surface area contributed by atoms with Crippen molar-refractivity contribution in [3.63, 3.8) is 0 Å². The van der Waals surface area contributed by atoms with Crippen molar-refractivity contribution in [2.45, 2.75) is 101 Å². The van der Waals surface area contributed by atoms with E-state index in [1.165, 1.54) is 4.90 Å². The SMILES string of the molecule is CC([C@@H]1CC[C@@H](N=[N+]=[N-])[C@@H](O[C@H]2[C@H](O)[C@H]3OC(=O)N[C@@H]3[C@@H](OCc3ccccc3)[C@@H]2NC(=O)OCc2ccccc2)O1)N(C)C(=O)OCc1ccccc1. The molecule has 3 amide bonds. The highest BCUT2D eigenvalue weighted by atomic mass is 16.7. The summed E-state index contributed by atoms with van der Waals surface area (Å²) in [5, 5.41) is 21.2. The summed E-state index contributed by atoms with van der Waals surface area (Å²) in [7, 11) is 1.60. The number of aliphatic hydroxyl groups excluding tert-OH is 1.